The first kappa shape index (κ1) is 32.5. The molecule has 2 N–H and O–H groups in total. The van der Waals surface area contributed by atoms with E-state index in [2.05, 4.69) is 37.5 Å². The second kappa shape index (κ2) is 13.0. The number of carbonyl (C=O) groups excluding carboxylic acids is 2. The fourth-order valence-corrected chi connectivity index (χ4v) is 11.7. The minimum absolute atomic E-state index is 0.00839. The summed E-state index contributed by atoms with van der Waals surface area (Å²) in [7, 11) is 0.920. The van der Waals surface area contributed by atoms with Crippen molar-refractivity contribution in [3.63, 3.8) is 0 Å². The van der Waals surface area contributed by atoms with E-state index >= 15 is 0 Å². The lowest BCUT2D eigenvalue weighted by molar-refractivity contribution is -0.146. The second-order valence-electron chi connectivity index (χ2n) is 13.0. The Bertz CT molecular complexity index is 1740. The molecule has 1 saturated heterocycles. The third kappa shape index (κ3) is 5.73. The minimum atomic E-state index is -2.32. The van der Waals surface area contributed by atoms with Crippen LogP contribution in [-0.4, -0.2) is 51.9 Å². The topological polar surface area (TPSA) is 97.3 Å². The molecule has 0 saturated carbocycles. The number of hydrogen-bond donors (Lipinski definition) is 2. The quantitative estimate of drug-likeness (QED) is 0.201. The lowest BCUT2D eigenvalue weighted by atomic mass is 9.82. The van der Waals surface area contributed by atoms with E-state index in [0.29, 0.717) is 30.0 Å². The number of aliphatic hydroxyl groups excluding tert-OH is 1. The van der Waals surface area contributed by atoms with Gasteiger partial charge in [-0.3, -0.25) is 9.59 Å². The van der Waals surface area contributed by atoms with Gasteiger partial charge in [0.2, 0.25) is 0 Å². The average Bonchev–Trinajstić information content (AvgIpc) is 3.51. The summed E-state index contributed by atoms with van der Waals surface area (Å²) in [6.45, 7) is 7.09. The first-order valence-electron chi connectivity index (χ1n) is 16.0. The van der Waals surface area contributed by atoms with Gasteiger partial charge in [-0.1, -0.05) is 67.7 Å². The van der Waals surface area contributed by atoms with Gasteiger partial charge in [0, 0.05) is 29.3 Å². The molecule has 8 nitrogen and oxygen atoms in total. The minimum Gasteiger partial charge on any atom is -0.497 e. The van der Waals surface area contributed by atoms with Crippen LogP contribution in [0.1, 0.15) is 34.8 Å². The number of nitrogens with zero attached hydrogens (tertiary/aromatic N) is 1. The third-order valence-corrected chi connectivity index (χ3v) is 14.4. The molecule has 4 aromatic rings. The Kier molecular flexibility index (Phi) is 8.98. The summed E-state index contributed by atoms with van der Waals surface area (Å²) in [6, 6.07) is 30.7. The molecule has 1 fully saturated rings. The highest BCUT2D eigenvalue weighted by molar-refractivity contribution is 6.91. The molecule has 2 aliphatic heterocycles. The number of amides is 2. The number of benzene rings is 4. The van der Waals surface area contributed by atoms with Crippen LogP contribution in [0.2, 0.25) is 18.6 Å². The van der Waals surface area contributed by atoms with E-state index in [0.717, 1.165) is 22.6 Å². The van der Waals surface area contributed by atoms with Gasteiger partial charge in [-0.15, -0.1) is 0 Å². The first-order chi connectivity index (χ1) is 22.6. The number of carbonyl (C=O) groups is 2. The average molecular weight is 651 g/mol. The Morgan fingerprint density at radius 3 is 2.19 bits per heavy atom. The molecular weight excluding hydrogens is 609 g/mol. The molecule has 2 aliphatic rings. The summed E-state index contributed by atoms with van der Waals surface area (Å²) in [4.78, 5) is 30.0. The molecule has 0 aliphatic carbocycles. The van der Waals surface area contributed by atoms with E-state index < -0.39 is 13.7 Å². The zero-order chi connectivity index (χ0) is 33.3. The lowest BCUT2D eigenvalue weighted by Gasteiger charge is -2.37. The lowest BCUT2D eigenvalue weighted by Crippen LogP contribution is -2.51. The summed E-state index contributed by atoms with van der Waals surface area (Å²) in [5.74, 6) is 0.850. The van der Waals surface area contributed by atoms with Crippen LogP contribution in [0.15, 0.2) is 97.1 Å². The smallest absolute Gasteiger partial charge is 0.264 e. The molecule has 9 heteroatoms. The van der Waals surface area contributed by atoms with Crippen LogP contribution in [0.3, 0.4) is 0 Å². The molecule has 0 aromatic heterocycles. The van der Waals surface area contributed by atoms with Crippen molar-refractivity contribution in [1.29, 1.82) is 0 Å². The number of ether oxygens (including phenoxy) is 3. The summed E-state index contributed by atoms with van der Waals surface area (Å²) in [5, 5.41) is 14.5. The molecule has 47 heavy (non-hydrogen) atoms. The number of fused-ring (bicyclic) bond motifs is 2. The standard InChI is InChI=1S/C38H42N2O6Si/c1-25-35(47(4,5)31-18-16-30(45-3)17-19-31)34(21-22-41)46-38(25)32-23-28(39-36(42)27-11-14-29(44-2)15-12-27)13-20-33(32)40(37(38)43)24-26-9-7-6-8-10-26/h6-20,23,25,34-35,41H,21-22,24H2,1-5H3,(H,39,42)/t25-,34+,35-,38+/m1/s1. The van der Waals surface area contributed by atoms with Crippen molar-refractivity contribution >= 4 is 36.4 Å². The molecule has 6 rings (SSSR count). The molecule has 1 spiro atoms. The van der Waals surface area contributed by atoms with Crippen molar-refractivity contribution in [2.45, 2.75) is 50.2 Å². The first-order valence-corrected chi connectivity index (χ1v) is 19.1. The van der Waals surface area contributed by atoms with E-state index in [1.54, 1.807) is 38.5 Å². The van der Waals surface area contributed by atoms with Gasteiger partial charge in [-0.2, -0.15) is 0 Å². The molecule has 244 valence electrons. The summed E-state index contributed by atoms with van der Waals surface area (Å²) in [5.41, 5.74) is 2.29. The van der Waals surface area contributed by atoms with Gasteiger partial charge in [-0.25, -0.2) is 0 Å². The van der Waals surface area contributed by atoms with Gasteiger partial charge >= 0.3 is 0 Å². The fraction of sp³-hybridized carbons (Fsp3) is 0.316. The van der Waals surface area contributed by atoms with Gasteiger partial charge in [0.15, 0.2) is 5.60 Å². The van der Waals surface area contributed by atoms with Gasteiger partial charge in [0.25, 0.3) is 11.8 Å². The van der Waals surface area contributed by atoms with Crippen LogP contribution in [-0.2, 0) is 21.7 Å². The fourth-order valence-electron chi connectivity index (χ4n) is 7.66. The van der Waals surface area contributed by atoms with Crippen LogP contribution < -0.4 is 24.9 Å². The maximum Gasteiger partial charge on any atom is 0.264 e. The van der Waals surface area contributed by atoms with E-state index in [-0.39, 0.29) is 36.0 Å². The highest BCUT2D eigenvalue weighted by atomic mass is 28.3. The largest absolute Gasteiger partial charge is 0.497 e. The Balaban J connectivity index is 1.43. The van der Waals surface area contributed by atoms with Crippen LogP contribution in [0.25, 0.3) is 0 Å². The van der Waals surface area contributed by atoms with Gasteiger partial charge in [0.1, 0.15) is 11.5 Å². The molecule has 4 atom stereocenters. The molecule has 4 aromatic carbocycles. The molecule has 0 radical (unpaired) electrons. The van der Waals surface area contributed by atoms with Crippen molar-refractivity contribution in [2.24, 2.45) is 5.92 Å². The third-order valence-electron chi connectivity index (χ3n) is 10.0. The normalized spacial score (nSPS) is 22.0. The molecule has 0 unspecified atom stereocenters. The maximum atomic E-state index is 14.9. The molecule has 0 bridgehead atoms. The zero-order valence-corrected chi connectivity index (χ0v) is 28.5. The number of methoxy groups -OCH3 is 2. The molecule has 2 heterocycles. The molecular formula is C38H42N2O6Si. The number of rotatable bonds is 10. The van der Waals surface area contributed by atoms with Crippen LogP contribution in [0.4, 0.5) is 11.4 Å². The predicted octanol–water partition coefficient (Wildman–Crippen LogP) is 6.10. The Morgan fingerprint density at radius 2 is 1.57 bits per heavy atom. The monoisotopic (exact) mass is 650 g/mol. The van der Waals surface area contributed by atoms with Crippen molar-refractivity contribution in [2.75, 3.05) is 31.0 Å². The van der Waals surface area contributed by atoms with Gasteiger partial charge < -0.3 is 29.5 Å². The highest BCUT2D eigenvalue weighted by Gasteiger charge is 2.66. The van der Waals surface area contributed by atoms with Crippen molar-refractivity contribution in [1.82, 2.24) is 0 Å². The van der Waals surface area contributed by atoms with Crippen molar-refractivity contribution in [3.05, 3.63) is 114 Å². The van der Waals surface area contributed by atoms with E-state index in [1.165, 1.54) is 5.19 Å². The summed E-state index contributed by atoms with van der Waals surface area (Å²) >= 11 is 0. The van der Waals surface area contributed by atoms with E-state index in [9.17, 15) is 14.7 Å². The van der Waals surface area contributed by atoms with E-state index in [4.69, 9.17) is 14.2 Å². The zero-order valence-electron chi connectivity index (χ0n) is 27.5. The summed E-state index contributed by atoms with van der Waals surface area (Å²) < 4.78 is 17.7. The molecule has 2 amide bonds. The number of anilines is 2. The number of aliphatic hydroxyl groups is 1. The Morgan fingerprint density at radius 1 is 0.936 bits per heavy atom. The number of nitrogens with one attached hydrogen (secondary N) is 1. The van der Waals surface area contributed by atoms with Crippen molar-refractivity contribution < 1.29 is 28.9 Å². The van der Waals surface area contributed by atoms with Gasteiger partial charge in [-0.05, 0) is 72.1 Å². The second-order valence-corrected chi connectivity index (χ2v) is 17.6. The number of hydrogen-bond acceptors (Lipinski definition) is 6. The highest BCUT2D eigenvalue weighted by Crippen LogP contribution is 2.60. The Labute approximate surface area is 277 Å². The SMILES string of the molecule is COc1ccc(C(=O)Nc2ccc3c(c2)[C@]2(O[C@@H](CCO)[C@H]([Si](C)(C)c4ccc(OC)cc4)[C@H]2C)C(=O)N3Cc2ccccc2)cc1. The Hall–Kier alpha value is -4.44. The van der Waals surface area contributed by atoms with Gasteiger partial charge in [0.05, 0.1) is 40.6 Å². The van der Waals surface area contributed by atoms with Crippen LogP contribution in [0.5, 0.6) is 11.5 Å². The maximum absolute atomic E-state index is 14.9. The van der Waals surface area contributed by atoms with Crippen LogP contribution >= 0.6 is 0 Å². The summed E-state index contributed by atoms with van der Waals surface area (Å²) in [6.07, 6.45) is 0.0724. The van der Waals surface area contributed by atoms with Crippen molar-refractivity contribution in [3.8, 4) is 11.5 Å². The predicted molar refractivity (Wildman–Crippen MR) is 186 cm³/mol. The van der Waals surface area contributed by atoms with Crippen LogP contribution in [0, 0.1) is 5.92 Å². The van der Waals surface area contributed by atoms with E-state index in [1.807, 2.05) is 65.6 Å².